The van der Waals surface area contributed by atoms with Gasteiger partial charge in [-0.3, -0.25) is 9.69 Å². The largest absolute Gasteiger partial charge is 0.416 e. The van der Waals surface area contributed by atoms with Crippen LogP contribution in [0.25, 0.3) is 5.65 Å². The Balaban J connectivity index is 1.36. The number of nitrogens with one attached hydrogen (secondary N) is 1. The molecule has 1 aliphatic rings. The van der Waals surface area contributed by atoms with E-state index in [0.29, 0.717) is 29.9 Å². The van der Waals surface area contributed by atoms with Crippen molar-refractivity contribution in [1.82, 2.24) is 24.4 Å². The van der Waals surface area contributed by atoms with Crippen molar-refractivity contribution in [2.24, 2.45) is 0 Å². The van der Waals surface area contributed by atoms with E-state index in [1.807, 2.05) is 31.9 Å². The number of aromatic nitrogens is 3. The molecule has 0 radical (unpaired) electrons. The first-order chi connectivity index (χ1) is 19.5. The Kier molecular flexibility index (Phi) is 7.71. The summed E-state index contributed by atoms with van der Waals surface area (Å²) in [5.74, 6) is 5.85. The van der Waals surface area contributed by atoms with Gasteiger partial charge in [-0.2, -0.15) is 18.2 Å². The quantitative estimate of drug-likeness (QED) is 0.360. The lowest BCUT2D eigenvalue weighted by Gasteiger charge is -2.33. The zero-order valence-corrected chi connectivity index (χ0v) is 23.0. The fraction of sp³-hybridized carbons (Fsp3) is 0.300. The number of rotatable bonds is 4. The highest BCUT2D eigenvalue weighted by atomic mass is 19.4. The van der Waals surface area contributed by atoms with Crippen LogP contribution >= 0.6 is 0 Å². The topological polar surface area (TPSA) is 91.8 Å². The molecule has 11 heteroatoms. The molecule has 212 valence electrons. The van der Waals surface area contributed by atoms with Crippen LogP contribution in [-0.2, 0) is 12.7 Å². The standard InChI is InChI=1S/C30H30F3N7O/c1-19-4-5-23(16-22(19)7-6-21-9-11-27-36-29(34)37-40(27)20(21)2)28(41)35-25-10-8-24(26(17-25)30(31,32)33)18-39-14-12-38(3)13-15-39/h4-5,8-11,16-17H,12-15,18H2,1-3H3,(H2,34,37)(H,35,41). The Morgan fingerprint density at radius 2 is 1.73 bits per heavy atom. The van der Waals surface area contributed by atoms with Crippen molar-refractivity contribution in [3.63, 3.8) is 0 Å². The van der Waals surface area contributed by atoms with Gasteiger partial charge in [-0.1, -0.05) is 24.0 Å². The Hall–Kier alpha value is -4.40. The van der Waals surface area contributed by atoms with Crippen LogP contribution in [0.3, 0.4) is 0 Å². The van der Waals surface area contributed by atoms with Crippen molar-refractivity contribution in [3.8, 4) is 11.8 Å². The smallest absolute Gasteiger partial charge is 0.366 e. The molecular formula is C30H30F3N7O. The second kappa shape index (κ2) is 11.2. The van der Waals surface area contributed by atoms with E-state index in [1.54, 1.807) is 28.8 Å². The number of carbonyl (C=O) groups is 1. The molecule has 1 fully saturated rings. The number of pyridine rings is 1. The van der Waals surface area contributed by atoms with Gasteiger partial charge in [0.15, 0.2) is 5.65 Å². The summed E-state index contributed by atoms with van der Waals surface area (Å²) in [6.45, 7) is 6.95. The van der Waals surface area contributed by atoms with Gasteiger partial charge < -0.3 is 16.0 Å². The molecule has 0 aliphatic carbocycles. The number of nitrogen functional groups attached to an aromatic ring is 1. The Morgan fingerprint density at radius 3 is 2.46 bits per heavy atom. The molecule has 0 spiro atoms. The molecule has 0 unspecified atom stereocenters. The molecule has 5 rings (SSSR count). The monoisotopic (exact) mass is 561 g/mol. The molecule has 1 saturated heterocycles. The third-order valence-electron chi connectivity index (χ3n) is 7.25. The number of fused-ring (bicyclic) bond motifs is 1. The third-order valence-corrected chi connectivity index (χ3v) is 7.25. The molecule has 8 nitrogen and oxygen atoms in total. The minimum absolute atomic E-state index is 0.0775. The second-order valence-electron chi connectivity index (χ2n) is 10.3. The lowest BCUT2D eigenvalue weighted by Crippen LogP contribution is -2.44. The number of hydrogen-bond acceptors (Lipinski definition) is 6. The first-order valence-electron chi connectivity index (χ1n) is 13.1. The highest BCUT2D eigenvalue weighted by Gasteiger charge is 2.34. The van der Waals surface area contributed by atoms with Crippen molar-refractivity contribution in [2.45, 2.75) is 26.6 Å². The van der Waals surface area contributed by atoms with Crippen LogP contribution in [0.2, 0.25) is 0 Å². The normalized spacial score (nSPS) is 14.6. The predicted molar refractivity (Wildman–Crippen MR) is 151 cm³/mol. The summed E-state index contributed by atoms with van der Waals surface area (Å²) >= 11 is 0. The summed E-state index contributed by atoms with van der Waals surface area (Å²) in [4.78, 5) is 21.4. The first kappa shape index (κ1) is 28.1. The van der Waals surface area contributed by atoms with E-state index >= 15 is 0 Å². The number of nitrogens with zero attached hydrogens (tertiary/aromatic N) is 5. The number of halogens is 3. The second-order valence-corrected chi connectivity index (χ2v) is 10.3. The molecule has 2 aromatic heterocycles. The number of nitrogens with two attached hydrogens (primary N) is 1. The highest BCUT2D eigenvalue weighted by molar-refractivity contribution is 6.04. The number of hydrogen-bond donors (Lipinski definition) is 2. The van der Waals surface area contributed by atoms with Gasteiger partial charge >= 0.3 is 6.18 Å². The van der Waals surface area contributed by atoms with E-state index in [0.717, 1.165) is 30.4 Å². The summed E-state index contributed by atoms with van der Waals surface area (Å²) in [6.07, 6.45) is -4.55. The maximum atomic E-state index is 14.0. The molecule has 2 aromatic carbocycles. The molecule has 3 N–H and O–H groups in total. The van der Waals surface area contributed by atoms with Crippen LogP contribution in [0.15, 0.2) is 48.5 Å². The van der Waals surface area contributed by atoms with Crippen molar-refractivity contribution in [3.05, 3.63) is 87.6 Å². The van der Waals surface area contributed by atoms with Gasteiger partial charge in [0.05, 0.1) is 11.3 Å². The van der Waals surface area contributed by atoms with Crippen molar-refractivity contribution >= 4 is 23.2 Å². The van der Waals surface area contributed by atoms with Crippen molar-refractivity contribution in [1.29, 1.82) is 0 Å². The molecule has 0 saturated carbocycles. The Bertz CT molecular complexity index is 1680. The average Bonchev–Trinajstić information content (AvgIpc) is 3.32. The summed E-state index contributed by atoms with van der Waals surface area (Å²) in [6, 6.07) is 12.6. The van der Waals surface area contributed by atoms with Gasteiger partial charge in [0.25, 0.3) is 5.91 Å². The van der Waals surface area contributed by atoms with Crippen LogP contribution in [0.1, 0.15) is 43.9 Å². The molecule has 3 heterocycles. The fourth-order valence-electron chi connectivity index (χ4n) is 4.76. The average molecular weight is 562 g/mol. The van der Waals surface area contributed by atoms with E-state index in [-0.39, 0.29) is 29.3 Å². The van der Waals surface area contributed by atoms with Crippen LogP contribution in [0, 0.1) is 25.7 Å². The number of anilines is 2. The van der Waals surface area contributed by atoms with E-state index in [1.165, 1.54) is 12.1 Å². The van der Waals surface area contributed by atoms with E-state index in [2.05, 4.69) is 32.1 Å². The van der Waals surface area contributed by atoms with Gasteiger partial charge in [0, 0.05) is 55.1 Å². The van der Waals surface area contributed by atoms with Crippen molar-refractivity contribution in [2.75, 3.05) is 44.3 Å². The predicted octanol–water partition coefficient (Wildman–Crippen LogP) is 4.35. The molecule has 1 aliphatic heterocycles. The summed E-state index contributed by atoms with van der Waals surface area (Å²) in [5.41, 5.74) is 9.07. The molecule has 1 amide bonds. The SMILES string of the molecule is Cc1ccc(C(=O)Nc2ccc(CN3CCN(C)CC3)c(C(F)(F)F)c2)cc1C#Cc1ccc2nc(N)nn2c1C. The van der Waals surface area contributed by atoms with Gasteiger partial charge in [0.1, 0.15) is 0 Å². The zero-order chi connectivity index (χ0) is 29.3. The van der Waals surface area contributed by atoms with Crippen LogP contribution in [0.5, 0.6) is 0 Å². The number of aryl methyl sites for hydroxylation is 2. The Morgan fingerprint density at radius 1 is 1.00 bits per heavy atom. The number of carbonyl (C=O) groups excluding carboxylic acids is 1. The maximum absolute atomic E-state index is 14.0. The van der Waals surface area contributed by atoms with E-state index in [9.17, 15) is 18.0 Å². The molecule has 0 bridgehead atoms. The summed E-state index contributed by atoms with van der Waals surface area (Å²) in [5, 5.41) is 6.79. The lowest BCUT2D eigenvalue weighted by molar-refractivity contribution is -0.138. The van der Waals surface area contributed by atoms with Gasteiger partial charge in [-0.05, 0) is 68.4 Å². The van der Waals surface area contributed by atoms with Gasteiger partial charge in [0.2, 0.25) is 5.95 Å². The molecule has 0 atom stereocenters. The number of alkyl halides is 3. The fourth-order valence-corrected chi connectivity index (χ4v) is 4.76. The first-order valence-corrected chi connectivity index (χ1v) is 13.1. The van der Waals surface area contributed by atoms with Crippen LogP contribution in [0.4, 0.5) is 24.8 Å². The maximum Gasteiger partial charge on any atom is 0.416 e. The third kappa shape index (κ3) is 6.34. The summed E-state index contributed by atoms with van der Waals surface area (Å²) < 4.78 is 43.5. The lowest BCUT2D eigenvalue weighted by atomic mass is 10.0. The minimum atomic E-state index is -4.55. The molecular weight excluding hydrogens is 531 g/mol. The van der Waals surface area contributed by atoms with Crippen LogP contribution < -0.4 is 11.1 Å². The summed E-state index contributed by atoms with van der Waals surface area (Å²) in [7, 11) is 2.00. The Labute approximate surface area is 236 Å². The number of benzene rings is 2. The molecule has 41 heavy (non-hydrogen) atoms. The number of piperazine rings is 1. The zero-order valence-electron chi connectivity index (χ0n) is 23.0. The molecule has 4 aromatic rings. The number of amides is 1. The van der Waals surface area contributed by atoms with E-state index < -0.39 is 17.6 Å². The minimum Gasteiger partial charge on any atom is -0.366 e. The van der Waals surface area contributed by atoms with Crippen molar-refractivity contribution < 1.29 is 18.0 Å². The van der Waals surface area contributed by atoms with Gasteiger partial charge in [-0.15, -0.1) is 5.10 Å². The van der Waals surface area contributed by atoms with Crippen LogP contribution in [-0.4, -0.2) is 63.5 Å². The highest BCUT2D eigenvalue weighted by Crippen LogP contribution is 2.34. The van der Waals surface area contributed by atoms with Gasteiger partial charge in [-0.25, -0.2) is 4.52 Å². The number of likely N-dealkylation sites (N-methyl/N-ethyl adjacent to an activating group) is 1. The van der Waals surface area contributed by atoms with E-state index in [4.69, 9.17) is 5.73 Å².